The molecule has 1 saturated heterocycles. The van der Waals surface area contributed by atoms with Gasteiger partial charge in [-0.25, -0.2) is 9.97 Å². The first-order chi connectivity index (χ1) is 11.2. The van der Waals surface area contributed by atoms with Crippen molar-refractivity contribution in [1.82, 2.24) is 15.3 Å². The third kappa shape index (κ3) is 3.61. The fraction of sp³-hybridized carbons (Fsp3) is 0.562. The average Bonchev–Trinajstić information content (AvgIpc) is 3.03. The van der Waals surface area contributed by atoms with Crippen molar-refractivity contribution in [2.24, 2.45) is 0 Å². The number of nitrogens with zero attached hydrogens (tertiary/aromatic N) is 3. The van der Waals surface area contributed by atoms with Crippen LogP contribution in [-0.2, 0) is 0 Å². The van der Waals surface area contributed by atoms with Crippen LogP contribution in [0, 0.1) is 0 Å². The standard InChI is InChI=1S/C16H22N4OS2/c1-3-7-17-14(21)12-10-11-13(20-8-5-4-6-9-20)18-16(22-2)19-15(11)23-12/h10H,3-9H2,1-2H3,(H,17,21). The number of nitrogens with one attached hydrogen (secondary N) is 1. The molecule has 0 spiro atoms. The minimum absolute atomic E-state index is 0.00912. The van der Waals surface area contributed by atoms with Crippen LogP contribution in [0.15, 0.2) is 11.2 Å². The van der Waals surface area contributed by atoms with Gasteiger partial charge in [-0.15, -0.1) is 11.3 Å². The Hall–Kier alpha value is -1.34. The second-order valence-corrected chi connectivity index (χ2v) is 7.47. The molecule has 0 saturated carbocycles. The second kappa shape index (κ2) is 7.49. The topological polar surface area (TPSA) is 58.1 Å². The molecule has 0 bridgehead atoms. The molecule has 1 aliphatic heterocycles. The van der Waals surface area contributed by atoms with Crippen molar-refractivity contribution in [2.45, 2.75) is 37.8 Å². The lowest BCUT2D eigenvalue weighted by Gasteiger charge is -2.28. The molecule has 0 radical (unpaired) electrons. The van der Waals surface area contributed by atoms with Crippen LogP contribution in [0.1, 0.15) is 42.3 Å². The smallest absolute Gasteiger partial charge is 0.261 e. The fourth-order valence-electron chi connectivity index (χ4n) is 2.76. The summed E-state index contributed by atoms with van der Waals surface area (Å²) in [4.78, 5) is 25.5. The van der Waals surface area contributed by atoms with Gasteiger partial charge < -0.3 is 10.2 Å². The first kappa shape index (κ1) is 16.5. The molecule has 124 valence electrons. The van der Waals surface area contributed by atoms with Crippen LogP contribution >= 0.6 is 23.1 Å². The summed E-state index contributed by atoms with van der Waals surface area (Å²) in [6.07, 6.45) is 6.62. The van der Waals surface area contributed by atoms with E-state index >= 15 is 0 Å². The van der Waals surface area contributed by atoms with Crippen LogP contribution in [0.2, 0.25) is 0 Å². The van der Waals surface area contributed by atoms with E-state index in [4.69, 9.17) is 4.98 Å². The van der Waals surface area contributed by atoms with E-state index in [0.717, 1.165) is 45.6 Å². The number of carbonyl (C=O) groups is 1. The van der Waals surface area contributed by atoms with Gasteiger partial charge >= 0.3 is 0 Å². The maximum atomic E-state index is 12.2. The SMILES string of the molecule is CCCNC(=O)c1cc2c(N3CCCCC3)nc(SC)nc2s1. The molecule has 0 unspecified atom stereocenters. The molecule has 2 aromatic heterocycles. The molecule has 1 N–H and O–H groups in total. The lowest BCUT2D eigenvalue weighted by Crippen LogP contribution is -2.30. The number of anilines is 1. The minimum Gasteiger partial charge on any atom is -0.356 e. The number of carbonyl (C=O) groups excluding carboxylic acids is 1. The van der Waals surface area contributed by atoms with Gasteiger partial charge in [0.1, 0.15) is 10.6 Å². The van der Waals surface area contributed by atoms with Gasteiger partial charge in [-0.2, -0.15) is 0 Å². The van der Waals surface area contributed by atoms with Gasteiger partial charge in [0.25, 0.3) is 5.91 Å². The van der Waals surface area contributed by atoms with E-state index in [1.54, 1.807) is 11.8 Å². The van der Waals surface area contributed by atoms with Gasteiger partial charge in [-0.05, 0) is 38.0 Å². The molecule has 1 aliphatic rings. The molecule has 7 heteroatoms. The van der Waals surface area contributed by atoms with Crippen LogP contribution in [0.25, 0.3) is 10.2 Å². The number of rotatable bonds is 5. The summed E-state index contributed by atoms with van der Waals surface area (Å²) in [5.74, 6) is 0.981. The zero-order valence-electron chi connectivity index (χ0n) is 13.6. The average molecular weight is 351 g/mol. The maximum absolute atomic E-state index is 12.2. The predicted octanol–water partition coefficient (Wildman–Crippen LogP) is 3.54. The molecule has 5 nitrogen and oxygen atoms in total. The summed E-state index contributed by atoms with van der Waals surface area (Å²) < 4.78 is 0. The Bertz CT molecular complexity index is 695. The van der Waals surface area contributed by atoms with Gasteiger partial charge in [0.15, 0.2) is 5.16 Å². The Kier molecular flexibility index (Phi) is 5.38. The third-order valence-electron chi connectivity index (χ3n) is 3.95. The molecule has 2 aromatic rings. The van der Waals surface area contributed by atoms with Gasteiger partial charge in [0.05, 0.1) is 10.3 Å². The van der Waals surface area contributed by atoms with Crippen molar-refractivity contribution in [3.05, 3.63) is 10.9 Å². The lowest BCUT2D eigenvalue weighted by atomic mass is 10.1. The summed E-state index contributed by atoms with van der Waals surface area (Å²) in [6.45, 7) is 4.82. The number of thiophene rings is 1. The van der Waals surface area contributed by atoms with Crippen LogP contribution in [0.5, 0.6) is 0 Å². The summed E-state index contributed by atoms with van der Waals surface area (Å²) in [7, 11) is 0. The minimum atomic E-state index is -0.00912. The van der Waals surface area contributed by atoms with Crippen LogP contribution in [-0.4, -0.2) is 41.8 Å². The van der Waals surface area contributed by atoms with Gasteiger partial charge in [0, 0.05) is 19.6 Å². The second-order valence-electron chi connectivity index (χ2n) is 5.67. The Morgan fingerprint density at radius 2 is 2.13 bits per heavy atom. The van der Waals surface area contributed by atoms with E-state index in [2.05, 4.69) is 22.1 Å². The van der Waals surface area contributed by atoms with Gasteiger partial charge in [-0.1, -0.05) is 18.7 Å². The van der Waals surface area contributed by atoms with Crippen molar-refractivity contribution < 1.29 is 4.79 Å². The highest BCUT2D eigenvalue weighted by molar-refractivity contribution is 7.98. The van der Waals surface area contributed by atoms with Crippen LogP contribution in [0.3, 0.4) is 0 Å². The van der Waals surface area contributed by atoms with E-state index in [1.807, 2.05) is 12.3 Å². The van der Waals surface area contributed by atoms with Crippen molar-refractivity contribution in [2.75, 3.05) is 30.8 Å². The largest absolute Gasteiger partial charge is 0.356 e. The fourth-order valence-corrected chi connectivity index (χ4v) is 4.12. The monoisotopic (exact) mass is 350 g/mol. The summed E-state index contributed by atoms with van der Waals surface area (Å²) in [6, 6.07) is 1.96. The molecule has 0 aliphatic carbocycles. The Labute approximate surface area is 144 Å². The first-order valence-electron chi connectivity index (χ1n) is 8.11. The third-order valence-corrected chi connectivity index (χ3v) is 5.53. The summed E-state index contributed by atoms with van der Waals surface area (Å²) in [5.41, 5.74) is 0. The van der Waals surface area contributed by atoms with Crippen LogP contribution < -0.4 is 10.2 Å². The Morgan fingerprint density at radius 1 is 1.35 bits per heavy atom. The molecule has 1 amide bonds. The molecule has 3 heterocycles. The molecule has 23 heavy (non-hydrogen) atoms. The van der Waals surface area contributed by atoms with Crippen molar-refractivity contribution in [3.8, 4) is 0 Å². The number of amides is 1. The number of thioether (sulfide) groups is 1. The number of hydrogen-bond donors (Lipinski definition) is 1. The van der Waals surface area contributed by atoms with E-state index in [1.165, 1.54) is 30.6 Å². The number of hydrogen-bond acceptors (Lipinski definition) is 6. The molecule has 0 aromatic carbocycles. The molecule has 0 atom stereocenters. The first-order valence-corrected chi connectivity index (χ1v) is 10.2. The van der Waals surface area contributed by atoms with E-state index in [9.17, 15) is 4.79 Å². The lowest BCUT2D eigenvalue weighted by molar-refractivity contribution is 0.0958. The maximum Gasteiger partial charge on any atom is 0.261 e. The molecular formula is C16H22N4OS2. The van der Waals surface area contributed by atoms with E-state index < -0.39 is 0 Å². The highest BCUT2D eigenvalue weighted by Gasteiger charge is 2.20. The van der Waals surface area contributed by atoms with Gasteiger partial charge in [0.2, 0.25) is 0 Å². The molecule has 3 rings (SSSR count). The van der Waals surface area contributed by atoms with E-state index in [-0.39, 0.29) is 5.91 Å². The summed E-state index contributed by atoms with van der Waals surface area (Å²) >= 11 is 3.01. The predicted molar refractivity (Wildman–Crippen MR) is 97.9 cm³/mol. The van der Waals surface area contributed by atoms with Crippen molar-refractivity contribution >= 4 is 45.0 Å². The quantitative estimate of drug-likeness (QED) is 0.660. The zero-order valence-corrected chi connectivity index (χ0v) is 15.2. The number of aromatic nitrogens is 2. The van der Waals surface area contributed by atoms with Crippen molar-refractivity contribution in [3.63, 3.8) is 0 Å². The summed E-state index contributed by atoms with van der Waals surface area (Å²) in [5, 5.41) is 4.73. The Balaban J connectivity index is 2.00. The highest BCUT2D eigenvalue weighted by atomic mass is 32.2. The number of piperidine rings is 1. The molecule has 1 fully saturated rings. The Morgan fingerprint density at radius 3 is 2.83 bits per heavy atom. The van der Waals surface area contributed by atoms with Gasteiger partial charge in [-0.3, -0.25) is 4.79 Å². The molecular weight excluding hydrogens is 328 g/mol. The number of fused-ring (bicyclic) bond motifs is 1. The normalized spacial score (nSPS) is 15.1. The zero-order chi connectivity index (χ0) is 16.2. The highest BCUT2D eigenvalue weighted by Crippen LogP contribution is 2.33. The van der Waals surface area contributed by atoms with Crippen molar-refractivity contribution in [1.29, 1.82) is 0 Å². The van der Waals surface area contributed by atoms with E-state index in [0.29, 0.717) is 6.54 Å². The van der Waals surface area contributed by atoms with Crippen LogP contribution in [0.4, 0.5) is 5.82 Å².